The SMILES string of the molecule is CNc1cc(NCC(COC)OC)ncn1. The summed E-state index contributed by atoms with van der Waals surface area (Å²) in [4.78, 5) is 8.12. The third-order valence-corrected chi connectivity index (χ3v) is 2.12. The van der Waals surface area contributed by atoms with E-state index >= 15 is 0 Å². The Bertz CT molecular complexity index is 309. The first-order valence-electron chi connectivity index (χ1n) is 5.05. The Morgan fingerprint density at radius 1 is 1.31 bits per heavy atom. The minimum Gasteiger partial charge on any atom is -0.382 e. The molecule has 6 nitrogen and oxygen atoms in total. The summed E-state index contributed by atoms with van der Waals surface area (Å²) in [5.41, 5.74) is 0. The summed E-state index contributed by atoms with van der Waals surface area (Å²) in [6.45, 7) is 1.19. The van der Waals surface area contributed by atoms with Gasteiger partial charge in [0.1, 0.15) is 18.0 Å². The van der Waals surface area contributed by atoms with Crippen LogP contribution in [0.25, 0.3) is 0 Å². The molecule has 0 amide bonds. The molecule has 0 saturated heterocycles. The van der Waals surface area contributed by atoms with E-state index in [2.05, 4.69) is 20.6 Å². The van der Waals surface area contributed by atoms with Gasteiger partial charge in [-0.15, -0.1) is 0 Å². The first kappa shape index (κ1) is 12.7. The van der Waals surface area contributed by atoms with Crippen LogP contribution in [0, 0.1) is 0 Å². The fourth-order valence-corrected chi connectivity index (χ4v) is 1.21. The molecule has 1 atom stereocenters. The number of hydrogen-bond acceptors (Lipinski definition) is 6. The molecule has 1 aromatic rings. The molecule has 1 rings (SSSR count). The molecule has 6 heteroatoms. The molecule has 0 spiro atoms. The lowest BCUT2D eigenvalue weighted by Crippen LogP contribution is -2.26. The predicted molar refractivity (Wildman–Crippen MR) is 62.7 cm³/mol. The average molecular weight is 226 g/mol. The van der Waals surface area contributed by atoms with Gasteiger partial charge in [-0.2, -0.15) is 0 Å². The molecule has 0 aromatic carbocycles. The number of anilines is 2. The van der Waals surface area contributed by atoms with E-state index in [1.165, 1.54) is 6.33 Å². The highest BCUT2D eigenvalue weighted by Crippen LogP contribution is 2.07. The van der Waals surface area contributed by atoms with Crippen molar-refractivity contribution in [2.24, 2.45) is 0 Å². The molecule has 0 aliphatic carbocycles. The summed E-state index contributed by atoms with van der Waals surface area (Å²) in [6.07, 6.45) is 1.52. The fraction of sp³-hybridized carbons (Fsp3) is 0.600. The number of methoxy groups -OCH3 is 2. The maximum atomic E-state index is 5.22. The van der Waals surface area contributed by atoms with Gasteiger partial charge in [-0.3, -0.25) is 0 Å². The Morgan fingerprint density at radius 2 is 2.06 bits per heavy atom. The van der Waals surface area contributed by atoms with E-state index in [1.54, 1.807) is 14.2 Å². The van der Waals surface area contributed by atoms with Crippen molar-refractivity contribution in [3.63, 3.8) is 0 Å². The Hall–Kier alpha value is -1.40. The van der Waals surface area contributed by atoms with Crippen molar-refractivity contribution in [1.82, 2.24) is 9.97 Å². The molecule has 1 unspecified atom stereocenters. The molecule has 0 bridgehead atoms. The Kier molecular flexibility index (Phi) is 5.52. The zero-order chi connectivity index (χ0) is 11.8. The Morgan fingerprint density at radius 3 is 2.69 bits per heavy atom. The second kappa shape index (κ2) is 6.97. The predicted octanol–water partition coefficient (Wildman–Crippen LogP) is 0.592. The van der Waals surface area contributed by atoms with Gasteiger partial charge >= 0.3 is 0 Å². The zero-order valence-electron chi connectivity index (χ0n) is 9.86. The number of aromatic nitrogens is 2. The van der Waals surface area contributed by atoms with Crippen LogP contribution in [0.15, 0.2) is 12.4 Å². The summed E-state index contributed by atoms with van der Waals surface area (Å²) >= 11 is 0. The summed E-state index contributed by atoms with van der Waals surface area (Å²) < 4.78 is 10.2. The van der Waals surface area contributed by atoms with E-state index in [1.807, 2.05) is 13.1 Å². The molecule has 90 valence electrons. The zero-order valence-corrected chi connectivity index (χ0v) is 9.86. The van der Waals surface area contributed by atoms with Gasteiger partial charge in [-0.25, -0.2) is 9.97 Å². The van der Waals surface area contributed by atoms with Crippen LogP contribution in [0.1, 0.15) is 0 Å². The topological polar surface area (TPSA) is 68.3 Å². The highest BCUT2D eigenvalue weighted by atomic mass is 16.5. The first-order chi connectivity index (χ1) is 7.80. The Labute approximate surface area is 95.4 Å². The van der Waals surface area contributed by atoms with Crippen molar-refractivity contribution in [1.29, 1.82) is 0 Å². The van der Waals surface area contributed by atoms with Crippen LogP contribution in [0.4, 0.5) is 11.6 Å². The number of nitrogens with zero attached hydrogens (tertiary/aromatic N) is 2. The van der Waals surface area contributed by atoms with Crippen LogP contribution in [0.3, 0.4) is 0 Å². The van der Waals surface area contributed by atoms with Crippen LogP contribution in [0.5, 0.6) is 0 Å². The summed E-state index contributed by atoms with van der Waals surface area (Å²) in [6, 6.07) is 1.83. The second-order valence-corrected chi connectivity index (χ2v) is 3.23. The molecular weight excluding hydrogens is 208 g/mol. The van der Waals surface area contributed by atoms with Crippen LogP contribution >= 0.6 is 0 Å². The van der Waals surface area contributed by atoms with Crippen molar-refractivity contribution < 1.29 is 9.47 Å². The molecule has 16 heavy (non-hydrogen) atoms. The van der Waals surface area contributed by atoms with Crippen LogP contribution in [-0.4, -0.2) is 50.5 Å². The van der Waals surface area contributed by atoms with E-state index in [4.69, 9.17) is 9.47 Å². The van der Waals surface area contributed by atoms with Gasteiger partial charge < -0.3 is 20.1 Å². The molecule has 0 fully saturated rings. The minimum absolute atomic E-state index is 0.0120. The van der Waals surface area contributed by atoms with Gasteiger partial charge in [0.2, 0.25) is 0 Å². The van der Waals surface area contributed by atoms with E-state index in [0.717, 1.165) is 11.6 Å². The van der Waals surface area contributed by atoms with Gasteiger partial charge in [-0.05, 0) is 0 Å². The molecule has 0 aliphatic heterocycles. The van der Waals surface area contributed by atoms with E-state index in [9.17, 15) is 0 Å². The van der Waals surface area contributed by atoms with Crippen LogP contribution < -0.4 is 10.6 Å². The minimum atomic E-state index is 0.0120. The van der Waals surface area contributed by atoms with Gasteiger partial charge in [0.15, 0.2) is 0 Å². The van der Waals surface area contributed by atoms with E-state index in [-0.39, 0.29) is 6.10 Å². The molecule has 0 saturated carbocycles. The van der Waals surface area contributed by atoms with Gasteiger partial charge in [0.05, 0.1) is 12.7 Å². The molecule has 0 aliphatic rings. The van der Waals surface area contributed by atoms with Gasteiger partial charge in [0.25, 0.3) is 0 Å². The molecule has 1 aromatic heterocycles. The number of rotatable bonds is 7. The van der Waals surface area contributed by atoms with Crippen LogP contribution in [-0.2, 0) is 9.47 Å². The van der Waals surface area contributed by atoms with Gasteiger partial charge in [0, 0.05) is 33.9 Å². The van der Waals surface area contributed by atoms with Crippen LogP contribution in [0.2, 0.25) is 0 Å². The lowest BCUT2D eigenvalue weighted by molar-refractivity contribution is 0.0365. The van der Waals surface area contributed by atoms with Crippen molar-refractivity contribution in [2.75, 3.05) is 45.1 Å². The maximum Gasteiger partial charge on any atom is 0.131 e. The lowest BCUT2D eigenvalue weighted by Gasteiger charge is -2.15. The second-order valence-electron chi connectivity index (χ2n) is 3.23. The first-order valence-corrected chi connectivity index (χ1v) is 5.05. The van der Waals surface area contributed by atoms with E-state index < -0.39 is 0 Å². The van der Waals surface area contributed by atoms with E-state index in [0.29, 0.717) is 13.2 Å². The molecule has 0 radical (unpaired) electrons. The average Bonchev–Trinajstić information content (AvgIpc) is 2.34. The monoisotopic (exact) mass is 226 g/mol. The third-order valence-electron chi connectivity index (χ3n) is 2.12. The smallest absolute Gasteiger partial charge is 0.131 e. The van der Waals surface area contributed by atoms with Crippen molar-refractivity contribution in [2.45, 2.75) is 6.10 Å². The quantitative estimate of drug-likeness (QED) is 0.709. The normalized spacial score (nSPS) is 12.2. The maximum absolute atomic E-state index is 5.22. The summed E-state index contributed by atoms with van der Waals surface area (Å²) in [5, 5.41) is 6.11. The molecule has 2 N–H and O–H groups in total. The molecule has 1 heterocycles. The largest absolute Gasteiger partial charge is 0.382 e. The van der Waals surface area contributed by atoms with Gasteiger partial charge in [-0.1, -0.05) is 0 Å². The highest BCUT2D eigenvalue weighted by Gasteiger charge is 2.06. The molecular formula is C10H18N4O2. The standard InChI is InChI=1S/C10H18N4O2/c1-11-9-4-10(14-7-13-9)12-5-8(16-3)6-15-2/h4,7-8H,5-6H2,1-3H3,(H2,11,12,13,14). The number of hydrogen-bond donors (Lipinski definition) is 2. The summed E-state index contributed by atoms with van der Waals surface area (Å²) in [7, 11) is 5.12. The number of ether oxygens (including phenoxy) is 2. The third kappa shape index (κ3) is 4.00. The van der Waals surface area contributed by atoms with Crippen molar-refractivity contribution >= 4 is 11.6 Å². The number of nitrogens with one attached hydrogen (secondary N) is 2. The fourth-order valence-electron chi connectivity index (χ4n) is 1.21. The lowest BCUT2D eigenvalue weighted by atomic mass is 10.3. The Balaban J connectivity index is 2.46. The van der Waals surface area contributed by atoms with Crippen molar-refractivity contribution in [3.05, 3.63) is 12.4 Å². The highest BCUT2D eigenvalue weighted by molar-refractivity contribution is 5.45. The van der Waals surface area contributed by atoms with Crippen molar-refractivity contribution in [3.8, 4) is 0 Å². The summed E-state index contributed by atoms with van der Waals surface area (Å²) in [5.74, 6) is 1.54.